The molecule has 0 bridgehead atoms. The molecule has 2 aromatic rings. The molecule has 0 saturated heterocycles. The summed E-state index contributed by atoms with van der Waals surface area (Å²) in [5, 5.41) is 11.8. The number of hydrogen-bond acceptors (Lipinski definition) is 7. The number of ether oxygens (including phenoxy) is 4. The van der Waals surface area contributed by atoms with Crippen LogP contribution in [0.15, 0.2) is 52.5 Å². The Bertz CT molecular complexity index is 982. The van der Waals surface area contributed by atoms with Crippen molar-refractivity contribution in [3.8, 4) is 23.3 Å². The van der Waals surface area contributed by atoms with Crippen molar-refractivity contribution in [2.24, 2.45) is 0 Å². The monoisotopic (exact) mass is 488 g/mol. The van der Waals surface area contributed by atoms with E-state index in [9.17, 15) is 14.9 Å². The number of carbonyl (C=O) groups excluding carboxylic acids is 2. The molecule has 9 heteroatoms. The number of benzene rings is 2. The van der Waals surface area contributed by atoms with Crippen molar-refractivity contribution in [2.75, 3.05) is 34.0 Å². The molecule has 2 rings (SSSR count). The second kappa shape index (κ2) is 12.4. The Labute approximate surface area is 188 Å². The predicted octanol–water partition coefficient (Wildman–Crippen LogP) is 3.11. The van der Waals surface area contributed by atoms with Gasteiger partial charge in [-0.2, -0.15) is 5.26 Å². The molecule has 0 spiro atoms. The Kier molecular flexibility index (Phi) is 9.55. The van der Waals surface area contributed by atoms with E-state index < -0.39 is 11.9 Å². The van der Waals surface area contributed by atoms with E-state index in [0.29, 0.717) is 17.9 Å². The van der Waals surface area contributed by atoms with Gasteiger partial charge in [0.2, 0.25) is 0 Å². The molecular weight excluding hydrogens is 468 g/mol. The maximum atomic E-state index is 12.1. The number of nitrogens with zero attached hydrogens (tertiary/aromatic N) is 1. The molecule has 31 heavy (non-hydrogen) atoms. The first-order valence-electron chi connectivity index (χ1n) is 9.13. The lowest BCUT2D eigenvalue weighted by atomic mass is 10.1. The minimum Gasteiger partial charge on any atom is -0.493 e. The number of amides is 1. The minimum atomic E-state index is -0.611. The van der Waals surface area contributed by atoms with E-state index in [-0.39, 0.29) is 30.2 Å². The van der Waals surface area contributed by atoms with E-state index in [1.807, 2.05) is 6.07 Å². The lowest BCUT2D eigenvalue weighted by Gasteiger charge is -2.11. The fourth-order valence-electron chi connectivity index (χ4n) is 2.36. The Morgan fingerprint density at radius 1 is 1.13 bits per heavy atom. The molecule has 162 valence electrons. The number of rotatable bonds is 10. The van der Waals surface area contributed by atoms with E-state index >= 15 is 0 Å². The highest BCUT2D eigenvalue weighted by Gasteiger charge is 2.13. The molecule has 2 aromatic carbocycles. The molecule has 1 amide bonds. The molecule has 0 aliphatic rings. The van der Waals surface area contributed by atoms with E-state index in [0.717, 1.165) is 4.47 Å². The van der Waals surface area contributed by atoms with Gasteiger partial charge in [-0.1, -0.05) is 22.0 Å². The Morgan fingerprint density at radius 3 is 2.52 bits per heavy atom. The first kappa shape index (κ1) is 23.9. The van der Waals surface area contributed by atoms with Gasteiger partial charge in [0.1, 0.15) is 17.4 Å². The third kappa shape index (κ3) is 7.77. The van der Waals surface area contributed by atoms with Gasteiger partial charge in [0.25, 0.3) is 5.91 Å². The smallest absolute Gasteiger partial charge is 0.349 e. The van der Waals surface area contributed by atoms with Crippen molar-refractivity contribution in [1.29, 1.82) is 5.26 Å². The standard InChI is InChI=1S/C22H21BrN2O6/c1-28-10-9-25-22(27)16(13-24)11-15-3-8-19(20(12-15)29-2)31-21(26)14-30-18-6-4-17(23)5-7-18/h3-8,11-12H,9-10,14H2,1-2H3,(H,25,27)/b16-11+. The van der Waals surface area contributed by atoms with Crippen molar-refractivity contribution in [2.45, 2.75) is 0 Å². The first-order valence-corrected chi connectivity index (χ1v) is 9.92. The topological polar surface area (TPSA) is 107 Å². The average Bonchev–Trinajstić information content (AvgIpc) is 2.78. The van der Waals surface area contributed by atoms with Crippen LogP contribution in [-0.4, -0.2) is 45.9 Å². The van der Waals surface area contributed by atoms with E-state index in [2.05, 4.69) is 21.2 Å². The van der Waals surface area contributed by atoms with Crippen molar-refractivity contribution < 1.29 is 28.5 Å². The Morgan fingerprint density at radius 2 is 1.87 bits per heavy atom. The van der Waals surface area contributed by atoms with Crippen molar-refractivity contribution in [3.63, 3.8) is 0 Å². The summed E-state index contributed by atoms with van der Waals surface area (Å²) in [6, 6.07) is 13.6. The average molecular weight is 489 g/mol. The third-order valence-electron chi connectivity index (χ3n) is 3.85. The molecule has 0 unspecified atom stereocenters. The van der Waals surface area contributed by atoms with Gasteiger partial charge in [0.05, 0.1) is 13.7 Å². The fraction of sp³-hybridized carbons (Fsp3) is 0.227. The van der Waals surface area contributed by atoms with Crippen LogP contribution < -0.4 is 19.5 Å². The van der Waals surface area contributed by atoms with Gasteiger partial charge < -0.3 is 24.3 Å². The van der Waals surface area contributed by atoms with Gasteiger partial charge in [-0.25, -0.2) is 4.79 Å². The van der Waals surface area contributed by atoms with Crippen molar-refractivity contribution in [3.05, 3.63) is 58.1 Å². The molecule has 0 aliphatic heterocycles. The summed E-state index contributed by atoms with van der Waals surface area (Å²) in [5.41, 5.74) is 0.451. The third-order valence-corrected chi connectivity index (χ3v) is 4.38. The van der Waals surface area contributed by atoms with Gasteiger partial charge in [0.15, 0.2) is 18.1 Å². The van der Waals surface area contributed by atoms with Crippen molar-refractivity contribution in [1.82, 2.24) is 5.32 Å². The molecule has 1 N–H and O–H groups in total. The molecule has 0 heterocycles. The Balaban J connectivity index is 2.04. The maximum Gasteiger partial charge on any atom is 0.349 e. The normalized spacial score (nSPS) is 10.7. The zero-order chi connectivity index (χ0) is 22.6. The summed E-state index contributed by atoms with van der Waals surface area (Å²) >= 11 is 3.32. The van der Waals surface area contributed by atoms with Crippen LogP contribution in [0.4, 0.5) is 0 Å². The zero-order valence-electron chi connectivity index (χ0n) is 17.0. The van der Waals surface area contributed by atoms with E-state index in [4.69, 9.17) is 18.9 Å². The molecule has 8 nitrogen and oxygen atoms in total. The van der Waals surface area contributed by atoms with Crippen LogP contribution in [0.5, 0.6) is 17.2 Å². The van der Waals surface area contributed by atoms with Crippen LogP contribution in [0.3, 0.4) is 0 Å². The second-order valence-electron chi connectivity index (χ2n) is 6.05. The number of esters is 1. The van der Waals surface area contributed by atoms with Gasteiger partial charge in [-0.15, -0.1) is 0 Å². The quantitative estimate of drug-likeness (QED) is 0.180. The molecule has 0 radical (unpaired) electrons. The molecular formula is C22H21BrN2O6. The summed E-state index contributed by atoms with van der Waals surface area (Å²) in [5.74, 6) is -0.144. The van der Waals surface area contributed by atoms with Gasteiger partial charge in [0, 0.05) is 18.1 Å². The fourth-order valence-corrected chi connectivity index (χ4v) is 2.62. The lowest BCUT2D eigenvalue weighted by Crippen LogP contribution is -2.27. The highest BCUT2D eigenvalue weighted by Crippen LogP contribution is 2.29. The number of halogens is 1. The molecule has 0 fully saturated rings. The first-order chi connectivity index (χ1) is 15.0. The van der Waals surface area contributed by atoms with E-state index in [1.54, 1.807) is 36.4 Å². The van der Waals surface area contributed by atoms with Gasteiger partial charge in [-0.05, 0) is 48.0 Å². The lowest BCUT2D eigenvalue weighted by molar-refractivity contribution is -0.136. The highest BCUT2D eigenvalue weighted by molar-refractivity contribution is 9.10. The van der Waals surface area contributed by atoms with Crippen LogP contribution in [0, 0.1) is 11.3 Å². The number of methoxy groups -OCH3 is 2. The number of hydrogen-bond donors (Lipinski definition) is 1. The largest absolute Gasteiger partial charge is 0.493 e. The Hall–Kier alpha value is -3.35. The maximum absolute atomic E-state index is 12.1. The minimum absolute atomic E-state index is 0.0780. The molecule has 0 atom stereocenters. The van der Waals surface area contributed by atoms with Crippen LogP contribution in [0.2, 0.25) is 0 Å². The number of nitriles is 1. The van der Waals surface area contributed by atoms with Gasteiger partial charge >= 0.3 is 5.97 Å². The number of nitrogens with one attached hydrogen (secondary N) is 1. The van der Waals surface area contributed by atoms with E-state index in [1.165, 1.54) is 26.4 Å². The number of carbonyl (C=O) groups is 2. The van der Waals surface area contributed by atoms with Crippen LogP contribution >= 0.6 is 15.9 Å². The van der Waals surface area contributed by atoms with Crippen LogP contribution in [0.1, 0.15) is 5.56 Å². The molecule has 0 aromatic heterocycles. The summed E-state index contributed by atoms with van der Waals surface area (Å²) in [6.45, 7) is 0.339. The summed E-state index contributed by atoms with van der Waals surface area (Å²) in [4.78, 5) is 24.2. The summed E-state index contributed by atoms with van der Waals surface area (Å²) in [6.07, 6.45) is 1.41. The molecule has 0 saturated carbocycles. The SMILES string of the molecule is COCCNC(=O)/C(C#N)=C/c1ccc(OC(=O)COc2ccc(Br)cc2)c(OC)c1. The van der Waals surface area contributed by atoms with Crippen LogP contribution in [0.25, 0.3) is 6.08 Å². The second-order valence-corrected chi connectivity index (χ2v) is 6.96. The molecule has 0 aliphatic carbocycles. The van der Waals surface area contributed by atoms with Gasteiger partial charge in [-0.3, -0.25) is 4.79 Å². The predicted molar refractivity (Wildman–Crippen MR) is 117 cm³/mol. The van der Waals surface area contributed by atoms with Crippen LogP contribution in [-0.2, 0) is 14.3 Å². The highest BCUT2D eigenvalue weighted by atomic mass is 79.9. The summed E-state index contributed by atoms with van der Waals surface area (Å²) < 4.78 is 21.7. The zero-order valence-corrected chi connectivity index (χ0v) is 18.6. The summed E-state index contributed by atoms with van der Waals surface area (Å²) in [7, 11) is 2.93. The van der Waals surface area contributed by atoms with Crippen molar-refractivity contribution >= 4 is 33.9 Å².